The minimum Gasteiger partial charge on any atom is -0.365 e. The molecule has 4 heteroatoms. The Kier molecular flexibility index (Phi) is 4.33. The van der Waals surface area contributed by atoms with Gasteiger partial charge in [0.1, 0.15) is 6.10 Å². The summed E-state index contributed by atoms with van der Waals surface area (Å²) in [6.45, 7) is 2.79. The third-order valence-corrected chi connectivity index (χ3v) is 3.10. The van der Waals surface area contributed by atoms with E-state index in [0.29, 0.717) is 0 Å². The molecular weight excluding hydrogens is 228 g/mol. The number of ether oxygens (including phenoxy) is 1. The van der Waals surface area contributed by atoms with Crippen molar-refractivity contribution in [3.63, 3.8) is 0 Å². The molecule has 1 aliphatic heterocycles. The quantitative estimate of drug-likeness (QED) is 0.855. The number of hydrogen-bond donors (Lipinski definition) is 2. The number of benzene rings is 1. The average Bonchev–Trinajstić information content (AvgIpc) is 2.77. The van der Waals surface area contributed by atoms with E-state index in [-0.39, 0.29) is 18.1 Å². The van der Waals surface area contributed by atoms with Gasteiger partial charge in [-0.25, -0.2) is 0 Å². The molecule has 1 heterocycles. The Labute approximate surface area is 108 Å². The van der Waals surface area contributed by atoms with E-state index in [9.17, 15) is 4.79 Å². The maximum Gasteiger partial charge on any atom is 0.253 e. The van der Waals surface area contributed by atoms with Gasteiger partial charge < -0.3 is 15.4 Å². The minimum absolute atomic E-state index is 0.0408. The predicted molar refractivity (Wildman–Crippen MR) is 71.4 cm³/mol. The first kappa shape index (κ1) is 13.1. The van der Waals surface area contributed by atoms with E-state index in [2.05, 4.69) is 10.6 Å². The highest BCUT2D eigenvalue weighted by Gasteiger charge is 2.28. The minimum atomic E-state index is -0.298. The van der Waals surface area contributed by atoms with Crippen molar-refractivity contribution < 1.29 is 9.53 Å². The summed E-state index contributed by atoms with van der Waals surface area (Å²) in [5.74, 6) is -0.0408. The molecule has 0 aliphatic carbocycles. The number of hydrogen-bond acceptors (Lipinski definition) is 3. The third-order valence-electron chi connectivity index (χ3n) is 3.10. The van der Waals surface area contributed by atoms with E-state index in [1.807, 2.05) is 38.2 Å². The molecule has 1 aromatic rings. The standard InChI is InChI=1S/C14H20N2O2/c1-10-6-7-13(18-10)14(17)16-12-5-3-4-11(8-12)9-15-2/h3-5,8,10,13,15H,6-7,9H2,1-2H3,(H,16,17). The first-order valence-corrected chi connectivity index (χ1v) is 6.39. The summed E-state index contributed by atoms with van der Waals surface area (Å²) in [4.78, 5) is 12.0. The number of amides is 1. The van der Waals surface area contributed by atoms with Crippen molar-refractivity contribution in [2.24, 2.45) is 0 Å². The van der Waals surface area contributed by atoms with Gasteiger partial charge in [0.25, 0.3) is 5.91 Å². The highest BCUT2D eigenvalue weighted by Crippen LogP contribution is 2.20. The summed E-state index contributed by atoms with van der Waals surface area (Å²) in [7, 11) is 1.90. The van der Waals surface area contributed by atoms with Crippen molar-refractivity contribution in [1.29, 1.82) is 0 Å². The lowest BCUT2D eigenvalue weighted by Gasteiger charge is -2.12. The molecule has 2 atom stereocenters. The van der Waals surface area contributed by atoms with Crippen LogP contribution in [0.2, 0.25) is 0 Å². The lowest BCUT2D eigenvalue weighted by Crippen LogP contribution is -2.27. The van der Waals surface area contributed by atoms with Gasteiger partial charge in [-0.05, 0) is 44.5 Å². The van der Waals surface area contributed by atoms with Crippen molar-refractivity contribution in [3.05, 3.63) is 29.8 Å². The van der Waals surface area contributed by atoms with Crippen LogP contribution in [0, 0.1) is 0 Å². The molecule has 0 radical (unpaired) electrons. The van der Waals surface area contributed by atoms with Crippen molar-refractivity contribution in [1.82, 2.24) is 5.32 Å². The van der Waals surface area contributed by atoms with Crippen LogP contribution >= 0.6 is 0 Å². The van der Waals surface area contributed by atoms with Crippen LogP contribution in [0.3, 0.4) is 0 Å². The predicted octanol–water partition coefficient (Wildman–Crippen LogP) is 1.91. The Balaban J connectivity index is 1.96. The van der Waals surface area contributed by atoms with Gasteiger partial charge in [0.15, 0.2) is 0 Å². The zero-order valence-corrected chi connectivity index (χ0v) is 10.9. The zero-order chi connectivity index (χ0) is 13.0. The highest BCUT2D eigenvalue weighted by atomic mass is 16.5. The van der Waals surface area contributed by atoms with Crippen molar-refractivity contribution >= 4 is 11.6 Å². The van der Waals surface area contributed by atoms with Crippen LogP contribution in [0.15, 0.2) is 24.3 Å². The van der Waals surface area contributed by atoms with Gasteiger partial charge >= 0.3 is 0 Å². The summed E-state index contributed by atoms with van der Waals surface area (Å²) >= 11 is 0. The Morgan fingerprint density at radius 3 is 2.94 bits per heavy atom. The molecule has 2 rings (SSSR count). The Morgan fingerprint density at radius 1 is 1.44 bits per heavy atom. The number of carbonyl (C=O) groups excluding carboxylic acids is 1. The van der Waals surface area contributed by atoms with Crippen LogP contribution in [-0.2, 0) is 16.1 Å². The molecule has 1 aromatic carbocycles. The van der Waals surface area contributed by atoms with Crippen molar-refractivity contribution in [2.45, 2.75) is 38.5 Å². The molecule has 1 fully saturated rings. The Bertz CT molecular complexity index is 420. The summed E-state index contributed by atoms with van der Waals surface area (Å²) in [6, 6.07) is 7.85. The molecule has 98 valence electrons. The van der Waals surface area contributed by atoms with E-state index in [1.165, 1.54) is 0 Å². The summed E-state index contributed by atoms with van der Waals surface area (Å²) < 4.78 is 5.55. The van der Waals surface area contributed by atoms with Gasteiger partial charge in [-0.2, -0.15) is 0 Å². The lowest BCUT2D eigenvalue weighted by atomic mass is 10.1. The second-order valence-electron chi connectivity index (χ2n) is 4.73. The molecule has 0 bridgehead atoms. The largest absolute Gasteiger partial charge is 0.365 e. The van der Waals surface area contributed by atoms with Crippen LogP contribution in [-0.4, -0.2) is 25.2 Å². The number of nitrogens with one attached hydrogen (secondary N) is 2. The fraction of sp³-hybridized carbons (Fsp3) is 0.500. The molecule has 1 amide bonds. The normalized spacial score (nSPS) is 23.0. The second-order valence-corrected chi connectivity index (χ2v) is 4.73. The van der Waals surface area contributed by atoms with E-state index in [1.54, 1.807) is 0 Å². The maximum absolute atomic E-state index is 12.0. The van der Waals surface area contributed by atoms with E-state index in [0.717, 1.165) is 30.6 Å². The van der Waals surface area contributed by atoms with Gasteiger partial charge in [0, 0.05) is 12.2 Å². The fourth-order valence-electron chi connectivity index (χ4n) is 2.18. The highest BCUT2D eigenvalue weighted by molar-refractivity contribution is 5.94. The van der Waals surface area contributed by atoms with Crippen molar-refractivity contribution in [3.8, 4) is 0 Å². The summed E-state index contributed by atoms with van der Waals surface area (Å²) in [5.41, 5.74) is 1.98. The summed E-state index contributed by atoms with van der Waals surface area (Å²) in [5, 5.41) is 6.00. The van der Waals surface area contributed by atoms with Crippen LogP contribution in [0.25, 0.3) is 0 Å². The molecule has 2 unspecified atom stereocenters. The molecule has 1 saturated heterocycles. The first-order valence-electron chi connectivity index (χ1n) is 6.39. The lowest BCUT2D eigenvalue weighted by molar-refractivity contribution is -0.126. The van der Waals surface area contributed by atoms with Crippen LogP contribution < -0.4 is 10.6 Å². The Hall–Kier alpha value is -1.39. The van der Waals surface area contributed by atoms with E-state index in [4.69, 9.17) is 4.74 Å². The van der Waals surface area contributed by atoms with Crippen LogP contribution in [0.1, 0.15) is 25.3 Å². The molecule has 18 heavy (non-hydrogen) atoms. The average molecular weight is 248 g/mol. The molecule has 4 nitrogen and oxygen atoms in total. The van der Waals surface area contributed by atoms with Gasteiger partial charge in [0.2, 0.25) is 0 Å². The number of carbonyl (C=O) groups is 1. The third kappa shape index (κ3) is 3.31. The number of rotatable bonds is 4. The smallest absolute Gasteiger partial charge is 0.253 e. The van der Waals surface area contributed by atoms with Crippen molar-refractivity contribution in [2.75, 3.05) is 12.4 Å². The van der Waals surface area contributed by atoms with E-state index >= 15 is 0 Å². The first-order chi connectivity index (χ1) is 8.69. The van der Waals surface area contributed by atoms with Gasteiger partial charge in [0.05, 0.1) is 6.10 Å². The van der Waals surface area contributed by atoms with Gasteiger partial charge in [-0.1, -0.05) is 12.1 Å². The molecule has 0 aromatic heterocycles. The topological polar surface area (TPSA) is 50.4 Å². The molecule has 0 spiro atoms. The molecule has 0 saturated carbocycles. The molecule has 2 N–H and O–H groups in total. The van der Waals surface area contributed by atoms with Crippen LogP contribution in [0.5, 0.6) is 0 Å². The van der Waals surface area contributed by atoms with E-state index < -0.39 is 0 Å². The monoisotopic (exact) mass is 248 g/mol. The maximum atomic E-state index is 12.0. The van der Waals surface area contributed by atoms with Gasteiger partial charge in [-0.3, -0.25) is 4.79 Å². The SMILES string of the molecule is CNCc1cccc(NC(=O)C2CCC(C)O2)c1. The molecular formula is C14H20N2O2. The molecule has 1 aliphatic rings. The van der Waals surface area contributed by atoms with Gasteiger partial charge in [-0.15, -0.1) is 0 Å². The fourth-order valence-corrected chi connectivity index (χ4v) is 2.18. The van der Waals surface area contributed by atoms with Crippen LogP contribution in [0.4, 0.5) is 5.69 Å². The Morgan fingerprint density at radius 2 is 2.28 bits per heavy atom. The number of anilines is 1. The zero-order valence-electron chi connectivity index (χ0n) is 10.9. The summed E-state index contributed by atoms with van der Waals surface area (Å²) in [6.07, 6.45) is 1.66. The second kappa shape index (κ2) is 5.98.